The van der Waals surface area contributed by atoms with E-state index in [-0.39, 0.29) is 6.04 Å². The first-order valence-electron chi connectivity index (χ1n) is 6.69. The predicted octanol–water partition coefficient (Wildman–Crippen LogP) is 0.594. The zero-order valence-corrected chi connectivity index (χ0v) is 11.6. The lowest BCUT2D eigenvalue weighted by atomic mass is 9.98. The van der Waals surface area contributed by atoms with Crippen LogP contribution in [0, 0.1) is 0 Å². The van der Waals surface area contributed by atoms with Gasteiger partial charge >= 0.3 is 12.0 Å². The highest BCUT2D eigenvalue weighted by Gasteiger charge is 2.42. The van der Waals surface area contributed by atoms with Gasteiger partial charge in [0.25, 0.3) is 0 Å². The maximum Gasteiger partial charge on any atom is 0.329 e. The van der Waals surface area contributed by atoms with Crippen LogP contribution in [0.25, 0.3) is 0 Å². The number of urea groups is 1. The van der Waals surface area contributed by atoms with Gasteiger partial charge in [-0.2, -0.15) is 0 Å². The van der Waals surface area contributed by atoms with Crippen molar-refractivity contribution in [2.75, 3.05) is 11.5 Å². The molecule has 0 atom stereocenters. The zero-order valence-electron chi connectivity index (χ0n) is 10.8. The van der Waals surface area contributed by atoms with Crippen molar-refractivity contribution in [2.24, 2.45) is 0 Å². The molecule has 6 nitrogen and oxygen atoms in total. The quantitative estimate of drug-likeness (QED) is 0.708. The average Bonchev–Trinajstić information content (AvgIpc) is 2.82. The molecule has 1 saturated carbocycles. The third-order valence-electron chi connectivity index (χ3n) is 3.94. The molecular formula is C12H20N2O4S. The summed E-state index contributed by atoms with van der Waals surface area (Å²) in [6.45, 7) is 0. The Morgan fingerprint density at radius 3 is 2.26 bits per heavy atom. The number of hydrogen-bond donors (Lipinski definition) is 3. The fourth-order valence-electron chi connectivity index (χ4n) is 2.75. The molecular weight excluding hydrogens is 268 g/mol. The number of hydrogen-bond acceptors (Lipinski definition) is 3. The van der Waals surface area contributed by atoms with Crippen molar-refractivity contribution in [3.63, 3.8) is 0 Å². The van der Waals surface area contributed by atoms with Gasteiger partial charge in [-0.25, -0.2) is 9.59 Å². The molecule has 1 aliphatic carbocycles. The van der Waals surface area contributed by atoms with Crippen LogP contribution >= 0.6 is 0 Å². The second-order valence-corrected chi connectivity index (χ2v) is 7.01. The highest BCUT2D eigenvalue weighted by atomic mass is 32.2. The molecule has 0 aromatic rings. The maximum absolute atomic E-state index is 11.9. The lowest BCUT2D eigenvalue weighted by Crippen LogP contribution is -2.57. The molecule has 19 heavy (non-hydrogen) atoms. The molecule has 1 aliphatic heterocycles. The lowest BCUT2D eigenvalue weighted by Gasteiger charge is -2.28. The van der Waals surface area contributed by atoms with E-state index in [1.54, 1.807) is 0 Å². The number of carboxylic acids is 1. The minimum Gasteiger partial charge on any atom is -0.480 e. The summed E-state index contributed by atoms with van der Waals surface area (Å²) in [6.07, 6.45) is 4.03. The molecule has 3 N–H and O–H groups in total. The number of rotatable bonds is 3. The Bertz CT molecular complexity index is 383. The Labute approximate surface area is 114 Å². The highest BCUT2D eigenvalue weighted by Crippen LogP contribution is 2.29. The summed E-state index contributed by atoms with van der Waals surface area (Å²) in [7, 11) is -0.761. The first-order chi connectivity index (χ1) is 9.02. The third-order valence-corrected chi connectivity index (χ3v) is 5.32. The van der Waals surface area contributed by atoms with E-state index in [2.05, 4.69) is 10.6 Å². The van der Waals surface area contributed by atoms with Crippen molar-refractivity contribution in [2.45, 2.75) is 50.1 Å². The van der Waals surface area contributed by atoms with E-state index < -0.39 is 28.3 Å². The molecule has 2 amide bonds. The van der Waals surface area contributed by atoms with Crippen LogP contribution in [0.2, 0.25) is 0 Å². The van der Waals surface area contributed by atoms with Crippen LogP contribution in [-0.4, -0.2) is 44.4 Å². The number of carbonyl (C=O) groups is 2. The molecule has 2 rings (SSSR count). The van der Waals surface area contributed by atoms with E-state index >= 15 is 0 Å². The molecule has 1 heterocycles. The Kier molecular flexibility index (Phi) is 4.44. The SMILES string of the molecule is O=C(NC1CCS(=O)CC1)NC1(C(=O)O)CCCC1. The smallest absolute Gasteiger partial charge is 0.329 e. The van der Waals surface area contributed by atoms with Crippen LogP contribution in [0.5, 0.6) is 0 Å². The van der Waals surface area contributed by atoms with Gasteiger partial charge in [0, 0.05) is 28.3 Å². The lowest BCUT2D eigenvalue weighted by molar-refractivity contribution is -0.144. The molecule has 2 fully saturated rings. The van der Waals surface area contributed by atoms with Crippen molar-refractivity contribution in [3.05, 3.63) is 0 Å². The van der Waals surface area contributed by atoms with Gasteiger partial charge in [0.2, 0.25) is 0 Å². The number of carboxylic acid groups (broad SMARTS) is 1. The van der Waals surface area contributed by atoms with Gasteiger partial charge in [-0.1, -0.05) is 12.8 Å². The van der Waals surface area contributed by atoms with Crippen molar-refractivity contribution in [1.82, 2.24) is 10.6 Å². The summed E-state index contributed by atoms with van der Waals surface area (Å²) in [5.74, 6) is 0.259. The van der Waals surface area contributed by atoms with E-state index in [4.69, 9.17) is 0 Å². The molecule has 0 bridgehead atoms. The Balaban J connectivity index is 1.86. The van der Waals surface area contributed by atoms with Gasteiger partial charge in [0.1, 0.15) is 5.54 Å². The summed E-state index contributed by atoms with van der Waals surface area (Å²) >= 11 is 0. The van der Waals surface area contributed by atoms with Crippen LogP contribution in [0.1, 0.15) is 38.5 Å². The Hall–Kier alpha value is -1.11. The number of aliphatic carboxylic acids is 1. The van der Waals surface area contributed by atoms with Gasteiger partial charge in [-0.3, -0.25) is 4.21 Å². The monoisotopic (exact) mass is 288 g/mol. The molecule has 0 radical (unpaired) electrons. The van der Waals surface area contributed by atoms with Crippen molar-refractivity contribution >= 4 is 22.8 Å². The van der Waals surface area contributed by atoms with Gasteiger partial charge in [-0.15, -0.1) is 0 Å². The Morgan fingerprint density at radius 1 is 1.16 bits per heavy atom. The molecule has 108 valence electrons. The Morgan fingerprint density at radius 2 is 1.74 bits per heavy atom. The first kappa shape index (κ1) is 14.3. The number of carbonyl (C=O) groups excluding carboxylic acids is 1. The van der Waals surface area contributed by atoms with Gasteiger partial charge in [-0.05, 0) is 25.7 Å². The molecule has 1 saturated heterocycles. The highest BCUT2D eigenvalue weighted by molar-refractivity contribution is 7.85. The standard InChI is InChI=1S/C12H20N2O4S/c15-10(16)12(5-1-2-6-12)14-11(17)13-9-3-7-19(18)8-4-9/h9H,1-8H2,(H,15,16)(H2,13,14,17). The van der Waals surface area contributed by atoms with Crippen molar-refractivity contribution in [1.29, 1.82) is 0 Å². The summed E-state index contributed by atoms with van der Waals surface area (Å²) in [4.78, 5) is 23.2. The minimum absolute atomic E-state index is 0.00458. The van der Waals surface area contributed by atoms with Crippen LogP contribution in [0.4, 0.5) is 4.79 Å². The summed E-state index contributed by atoms with van der Waals surface area (Å²) in [6, 6.07) is -0.410. The van der Waals surface area contributed by atoms with Gasteiger partial charge in [0.05, 0.1) is 0 Å². The number of amides is 2. The fourth-order valence-corrected chi connectivity index (χ4v) is 4.05. The predicted molar refractivity (Wildman–Crippen MR) is 71.4 cm³/mol. The summed E-state index contributed by atoms with van der Waals surface area (Å²) in [5.41, 5.74) is -1.10. The van der Waals surface area contributed by atoms with E-state index in [1.807, 2.05) is 0 Å². The molecule has 0 aromatic heterocycles. The van der Waals surface area contributed by atoms with Crippen LogP contribution < -0.4 is 10.6 Å². The van der Waals surface area contributed by atoms with Crippen molar-refractivity contribution in [3.8, 4) is 0 Å². The van der Waals surface area contributed by atoms with Gasteiger partial charge < -0.3 is 15.7 Å². The molecule has 0 spiro atoms. The van der Waals surface area contributed by atoms with E-state index in [0.717, 1.165) is 12.8 Å². The topological polar surface area (TPSA) is 95.5 Å². The molecule has 2 aliphatic rings. The zero-order chi connectivity index (χ0) is 13.9. The van der Waals surface area contributed by atoms with Crippen LogP contribution in [-0.2, 0) is 15.6 Å². The van der Waals surface area contributed by atoms with E-state index in [9.17, 15) is 18.9 Å². The summed E-state index contributed by atoms with van der Waals surface area (Å²) < 4.78 is 11.2. The second kappa shape index (κ2) is 5.90. The average molecular weight is 288 g/mol. The second-order valence-electron chi connectivity index (χ2n) is 5.32. The van der Waals surface area contributed by atoms with Crippen molar-refractivity contribution < 1.29 is 18.9 Å². The fraction of sp³-hybridized carbons (Fsp3) is 0.833. The van der Waals surface area contributed by atoms with E-state index in [0.29, 0.717) is 37.2 Å². The van der Waals surface area contributed by atoms with E-state index in [1.165, 1.54) is 0 Å². The number of nitrogens with one attached hydrogen (secondary N) is 2. The van der Waals surface area contributed by atoms with Crippen LogP contribution in [0.3, 0.4) is 0 Å². The van der Waals surface area contributed by atoms with Gasteiger partial charge in [0.15, 0.2) is 0 Å². The largest absolute Gasteiger partial charge is 0.480 e. The third kappa shape index (κ3) is 3.46. The molecule has 7 heteroatoms. The normalized spacial score (nSPS) is 29.7. The molecule has 0 aromatic carbocycles. The summed E-state index contributed by atoms with van der Waals surface area (Å²) in [5, 5.41) is 14.7. The minimum atomic E-state index is -1.10. The maximum atomic E-state index is 11.9. The van der Waals surface area contributed by atoms with Crippen LogP contribution in [0.15, 0.2) is 0 Å². The molecule has 0 unspecified atom stereocenters. The first-order valence-corrected chi connectivity index (χ1v) is 8.18.